The van der Waals surface area contributed by atoms with Crippen LogP contribution in [0, 0.1) is 0 Å². The fourth-order valence-electron chi connectivity index (χ4n) is 0. The van der Waals surface area contributed by atoms with Crippen LogP contribution in [0.2, 0.25) is 0 Å². The van der Waals surface area contributed by atoms with Gasteiger partial charge in [0.1, 0.15) is 0 Å². The monoisotopic (exact) mass is 81.1 g/mol. The molecule has 0 atom stereocenters. The van der Waals surface area contributed by atoms with Gasteiger partial charge >= 0.3 is 18.9 Å². The fraction of sp³-hybridized carbons (Fsp3) is 1.00. The second-order valence-electron chi connectivity index (χ2n) is 2.37. The Balaban J connectivity index is 0. The van der Waals surface area contributed by atoms with E-state index < -0.39 is 0 Å². The quantitative estimate of drug-likeness (QED) is 0.411. The molecule has 0 unspecified atom stereocenters. The Morgan fingerprint density at radius 1 is 1.17 bits per heavy atom. The molecule has 0 aliphatic carbocycles. The molecule has 0 aromatic heterocycles. The van der Waals surface area contributed by atoms with E-state index in [1.54, 1.807) is 0 Å². The van der Waals surface area contributed by atoms with Gasteiger partial charge in [0, 0.05) is 5.54 Å². The van der Waals surface area contributed by atoms with E-state index in [4.69, 9.17) is 5.73 Å². The Morgan fingerprint density at radius 3 is 1.17 bits per heavy atom. The number of hydrogen-bond acceptors (Lipinski definition) is 1. The van der Waals surface area contributed by atoms with Gasteiger partial charge in [0.15, 0.2) is 0 Å². The molecule has 0 rings (SSSR count). The van der Waals surface area contributed by atoms with E-state index in [0.29, 0.717) is 0 Å². The Hall–Kier alpha value is 0.557. The van der Waals surface area contributed by atoms with E-state index >= 15 is 0 Å². The zero-order valence-electron chi connectivity index (χ0n) is 4.08. The van der Waals surface area contributed by atoms with Gasteiger partial charge in [0.05, 0.1) is 0 Å². The van der Waals surface area contributed by atoms with Gasteiger partial charge in [0.25, 0.3) is 0 Å². The molecule has 0 aromatic carbocycles. The molecule has 0 heterocycles. The summed E-state index contributed by atoms with van der Waals surface area (Å²) in [4.78, 5) is 0. The summed E-state index contributed by atoms with van der Waals surface area (Å²) in [7, 11) is 0. The third-order valence-electron chi connectivity index (χ3n) is 0. The summed E-state index contributed by atoms with van der Waals surface area (Å²) < 4.78 is 0. The third kappa shape index (κ3) is 186. The molecule has 0 fully saturated rings. The molecular formula is C4H12LiN. The maximum absolute atomic E-state index is 5.35. The summed E-state index contributed by atoms with van der Waals surface area (Å²) in [6.45, 7) is 5.90. The second kappa shape index (κ2) is 2.68. The zero-order chi connectivity index (χ0) is 4.50. The van der Waals surface area contributed by atoms with Crippen LogP contribution in [-0.4, -0.2) is 24.4 Å². The molecule has 0 saturated heterocycles. The van der Waals surface area contributed by atoms with Crippen LogP contribution in [0.25, 0.3) is 0 Å². The summed E-state index contributed by atoms with van der Waals surface area (Å²) in [5.74, 6) is 0. The van der Waals surface area contributed by atoms with Gasteiger partial charge in [-0.15, -0.1) is 0 Å². The van der Waals surface area contributed by atoms with Gasteiger partial charge in [-0.2, -0.15) is 0 Å². The molecule has 34 valence electrons. The van der Waals surface area contributed by atoms with Crippen molar-refractivity contribution in [2.75, 3.05) is 0 Å². The molecule has 1 nitrogen and oxygen atoms in total. The van der Waals surface area contributed by atoms with Crippen LogP contribution in [0.4, 0.5) is 0 Å². The third-order valence-corrected chi connectivity index (χ3v) is 0. The van der Waals surface area contributed by atoms with E-state index in [1.165, 1.54) is 0 Å². The van der Waals surface area contributed by atoms with Gasteiger partial charge in [0.2, 0.25) is 0 Å². The summed E-state index contributed by atoms with van der Waals surface area (Å²) in [6, 6.07) is 0. The molecule has 0 bridgehead atoms. The first-order valence-corrected chi connectivity index (χ1v) is 1.79. The molecule has 0 radical (unpaired) electrons. The molecule has 2 heteroatoms. The van der Waals surface area contributed by atoms with Crippen LogP contribution in [0.1, 0.15) is 20.8 Å². The summed E-state index contributed by atoms with van der Waals surface area (Å²) in [5, 5.41) is 0. The zero-order valence-corrected chi connectivity index (χ0v) is 4.08. The molecule has 0 saturated carbocycles. The number of rotatable bonds is 0. The van der Waals surface area contributed by atoms with Crippen molar-refractivity contribution in [2.45, 2.75) is 26.3 Å². The van der Waals surface area contributed by atoms with Gasteiger partial charge in [-0.1, -0.05) is 0 Å². The Bertz CT molecular complexity index is 23.0. The first-order chi connectivity index (χ1) is 2.00. The minimum atomic E-state index is 0. The number of hydrogen-bond donors (Lipinski definition) is 1. The number of nitrogens with two attached hydrogens (primary N) is 1. The standard InChI is InChI=1S/C4H11N.Li.H/c1-4(2,3)5;;/h5H2,1-3H3;;. The molecule has 0 aliphatic heterocycles. The van der Waals surface area contributed by atoms with Crippen LogP contribution in [0.3, 0.4) is 0 Å². The van der Waals surface area contributed by atoms with Crippen molar-refractivity contribution in [1.82, 2.24) is 0 Å². The minimum absolute atomic E-state index is 0. The van der Waals surface area contributed by atoms with Crippen LogP contribution in [0.15, 0.2) is 0 Å². The fourth-order valence-corrected chi connectivity index (χ4v) is 0. The van der Waals surface area contributed by atoms with Crippen LogP contribution in [-0.2, 0) is 0 Å². The van der Waals surface area contributed by atoms with Crippen molar-refractivity contribution in [1.29, 1.82) is 0 Å². The van der Waals surface area contributed by atoms with Crippen molar-refractivity contribution in [2.24, 2.45) is 5.73 Å². The van der Waals surface area contributed by atoms with Gasteiger partial charge in [-0.3, -0.25) is 0 Å². The topological polar surface area (TPSA) is 26.0 Å². The van der Waals surface area contributed by atoms with Crippen LogP contribution >= 0.6 is 0 Å². The van der Waals surface area contributed by atoms with Crippen molar-refractivity contribution in [3.05, 3.63) is 0 Å². The van der Waals surface area contributed by atoms with Gasteiger partial charge in [-0.05, 0) is 20.8 Å². The normalized spacial score (nSPS) is 10.0. The summed E-state index contributed by atoms with van der Waals surface area (Å²) in [5.41, 5.74) is 5.35. The Labute approximate surface area is 51.5 Å². The molecule has 0 aliphatic rings. The summed E-state index contributed by atoms with van der Waals surface area (Å²) in [6.07, 6.45) is 0. The average Bonchev–Trinajstić information content (AvgIpc) is 0.722. The maximum atomic E-state index is 5.35. The predicted molar refractivity (Wildman–Crippen MR) is 31.1 cm³/mol. The molecular weight excluding hydrogens is 69.0 g/mol. The van der Waals surface area contributed by atoms with E-state index in [2.05, 4.69) is 0 Å². The molecule has 0 spiro atoms. The summed E-state index contributed by atoms with van der Waals surface area (Å²) >= 11 is 0. The van der Waals surface area contributed by atoms with Gasteiger partial charge in [-0.25, -0.2) is 0 Å². The first-order valence-electron chi connectivity index (χ1n) is 1.79. The van der Waals surface area contributed by atoms with Crippen LogP contribution in [0.5, 0.6) is 0 Å². The van der Waals surface area contributed by atoms with Crippen molar-refractivity contribution in [3.8, 4) is 0 Å². The average molecular weight is 81.1 g/mol. The van der Waals surface area contributed by atoms with Crippen LogP contribution < -0.4 is 5.73 Å². The van der Waals surface area contributed by atoms with E-state index in [1.807, 2.05) is 20.8 Å². The van der Waals surface area contributed by atoms with Crippen molar-refractivity contribution < 1.29 is 0 Å². The molecule has 2 N–H and O–H groups in total. The van der Waals surface area contributed by atoms with Crippen molar-refractivity contribution in [3.63, 3.8) is 0 Å². The Morgan fingerprint density at radius 2 is 1.17 bits per heavy atom. The van der Waals surface area contributed by atoms with E-state index in [0.717, 1.165) is 0 Å². The SMILES string of the molecule is CC(C)(C)N.[LiH]. The molecule has 6 heavy (non-hydrogen) atoms. The predicted octanol–water partition coefficient (Wildman–Crippen LogP) is 0.0951. The second-order valence-corrected chi connectivity index (χ2v) is 2.37. The first kappa shape index (κ1) is 9.75. The molecule has 0 aromatic rings. The van der Waals surface area contributed by atoms with Gasteiger partial charge < -0.3 is 5.73 Å². The Kier molecular flexibility index (Phi) is 4.36. The molecule has 0 amide bonds. The van der Waals surface area contributed by atoms with Crippen molar-refractivity contribution >= 4 is 18.9 Å². The van der Waals surface area contributed by atoms with E-state index in [-0.39, 0.29) is 24.4 Å². The van der Waals surface area contributed by atoms with E-state index in [9.17, 15) is 0 Å².